The molecule has 0 unspecified atom stereocenters. The van der Waals surface area contributed by atoms with E-state index in [2.05, 4.69) is 15.2 Å². The molecule has 0 aliphatic carbocycles. The predicted molar refractivity (Wildman–Crippen MR) is 93.4 cm³/mol. The van der Waals surface area contributed by atoms with Crippen LogP contribution in [0.5, 0.6) is 0 Å². The van der Waals surface area contributed by atoms with Crippen LogP contribution >= 0.6 is 0 Å². The summed E-state index contributed by atoms with van der Waals surface area (Å²) in [5.74, 6) is 0. The molecule has 0 fully saturated rings. The lowest BCUT2D eigenvalue weighted by Gasteiger charge is -2.04. The number of hydrogen-bond donors (Lipinski definition) is 0. The summed E-state index contributed by atoms with van der Waals surface area (Å²) in [5, 5.41) is 9.65. The van der Waals surface area contributed by atoms with Crippen molar-refractivity contribution in [2.75, 3.05) is 14.1 Å². The molecule has 0 radical (unpaired) electrons. The highest BCUT2D eigenvalue weighted by atomic mass is 16.4. The van der Waals surface area contributed by atoms with Crippen LogP contribution in [-0.2, 0) is 6.42 Å². The molecule has 124 valence electrons. The number of nitrogens with zero attached hydrogens (tertiary/aromatic N) is 5. The Hall–Kier alpha value is -2.96. The number of fused-ring (bicyclic) bond motifs is 1. The smallest absolute Gasteiger partial charge is 0.362 e. The van der Waals surface area contributed by atoms with Crippen LogP contribution in [0.4, 0.5) is 5.69 Å². The van der Waals surface area contributed by atoms with Crippen molar-refractivity contribution in [3.05, 3.63) is 46.1 Å². The van der Waals surface area contributed by atoms with Gasteiger partial charge in [-0.3, -0.25) is 0 Å². The maximum atomic E-state index is 12.1. The van der Waals surface area contributed by atoms with Gasteiger partial charge in [-0.25, -0.2) is 9.79 Å². The normalized spacial score (nSPS) is 11.5. The van der Waals surface area contributed by atoms with E-state index in [1.807, 2.05) is 40.1 Å². The van der Waals surface area contributed by atoms with E-state index in [0.29, 0.717) is 5.58 Å². The standard InChI is InChI=1S/C17H19N5O2/c1-5-14-11(2)19-22(20-14)13-7-6-12-8-15(18-10-21(3)4)17(23)24-16(12)9-13/h6-10H,5H2,1-4H3. The average Bonchev–Trinajstić information content (AvgIpc) is 2.93. The van der Waals surface area contributed by atoms with Crippen LogP contribution in [0, 0.1) is 6.92 Å². The van der Waals surface area contributed by atoms with Crippen molar-refractivity contribution in [3.63, 3.8) is 0 Å². The first kappa shape index (κ1) is 15.9. The first-order valence-corrected chi connectivity index (χ1v) is 7.69. The molecule has 0 spiro atoms. The van der Waals surface area contributed by atoms with Gasteiger partial charge in [-0.15, -0.1) is 0 Å². The molecule has 3 aromatic rings. The van der Waals surface area contributed by atoms with Gasteiger partial charge in [0.25, 0.3) is 0 Å². The molecule has 0 aliphatic heterocycles. The Bertz CT molecular complexity index is 969. The Morgan fingerprint density at radius 1 is 1.29 bits per heavy atom. The second kappa shape index (κ2) is 6.27. The van der Waals surface area contributed by atoms with Crippen molar-refractivity contribution in [2.45, 2.75) is 20.3 Å². The molecule has 1 aromatic carbocycles. The zero-order valence-electron chi connectivity index (χ0n) is 14.1. The minimum Gasteiger partial charge on any atom is -0.421 e. The van der Waals surface area contributed by atoms with Crippen LogP contribution in [0.2, 0.25) is 0 Å². The summed E-state index contributed by atoms with van der Waals surface area (Å²) >= 11 is 0. The van der Waals surface area contributed by atoms with Crippen LogP contribution in [0.15, 0.2) is 38.5 Å². The third-order valence-corrected chi connectivity index (χ3v) is 3.57. The third kappa shape index (κ3) is 3.05. The summed E-state index contributed by atoms with van der Waals surface area (Å²) in [6.07, 6.45) is 2.39. The second-order valence-corrected chi connectivity index (χ2v) is 5.72. The number of aromatic nitrogens is 3. The summed E-state index contributed by atoms with van der Waals surface area (Å²) < 4.78 is 5.39. The van der Waals surface area contributed by atoms with E-state index in [4.69, 9.17) is 4.42 Å². The lowest BCUT2D eigenvalue weighted by atomic mass is 10.2. The number of aliphatic imine (C=N–C) groups is 1. The van der Waals surface area contributed by atoms with Crippen molar-refractivity contribution >= 4 is 23.0 Å². The highest BCUT2D eigenvalue weighted by Gasteiger charge is 2.09. The molecule has 0 bridgehead atoms. The van der Waals surface area contributed by atoms with Crippen molar-refractivity contribution in [2.24, 2.45) is 4.99 Å². The Labute approximate surface area is 139 Å². The molecule has 0 N–H and O–H groups in total. The minimum absolute atomic E-state index is 0.269. The van der Waals surface area contributed by atoms with Crippen LogP contribution < -0.4 is 5.63 Å². The zero-order valence-corrected chi connectivity index (χ0v) is 14.1. The summed E-state index contributed by atoms with van der Waals surface area (Å²) in [6, 6.07) is 7.23. The molecule has 0 saturated carbocycles. The monoisotopic (exact) mass is 325 g/mol. The van der Waals surface area contributed by atoms with E-state index >= 15 is 0 Å². The largest absolute Gasteiger partial charge is 0.421 e. The van der Waals surface area contributed by atoms with Crippen molar-refractivity contribution < 1.29 is 4.42 Å². The van der Waals surface area contributed by atoms with E-state index in [-0.39, 0.29) is 5.69 Å². The molecular formula is C17H19N5O2. The first-order valence-electron chi connectivity index (χ1n) is 7.69. The Balaban J connectivity index is 2.05. The highest BCUT2D eigenvalue weighted by Crippen LogP contribution is 2.20. The van der Waals surface area contributed by atoms with Gasteiger partial charge in [0.2, 0.25) is 0 Å². The molecule has 7 heteroatoms. The van der Waals surface area contributed by atoms with Crippen LogP contribution in [0.1, 0.15) is 18.3 Å². The molecule has 7 nitrogen and oxygen atoms in total. The maximum Gasteiger partial charge on any atom is 0.362 e. The average molecular weight is 325 g/mol. The van der Waals surface area contributed by atoms with Crippen LogP contribution in [0.25, 0.3) is 16.7 Å². The SMILES string of the molecule is CCc1nn(-c2ccc3cc(N=CN(C)C)c(=O)oc3c2)nc1C. The summed E-state index contributed by atoms with van der Waals surface area (Å²) in [7, 11) is 3.67. The first-order chi connectivity index (χ1) is 11.5. The fraction of sp³-hybridized carbons (Fsp3) is 0.294. The summed E-state index contributed by atoms with van der Waals surface area (Å²) in [6.45, 7) is 3.97. The van der Waals surface area contributed by atoms with Crippen molar-refractivity contribution in [1.29, 1.82) is 0 Å². The molecular weight excluding hydrogens is 306 g/mol. The van der Waals surface area contributed by atoms with Gasteiger partial charge < -0.3 is 9.32 Å². The summed E-state index contributed by atoms with van der Waals surface area (Å²) in [4.78, 5) is 19.5. The number of aryl methyl sites for hydroxylation is 2. The molecule has 0 amide bonds. The molecule has 0 aliphatic rings. The molecule has 0 atom stereocenters. The molecule has 0 saturated heterocycles. The maximum absolute atomic E-state index is 12.1. The van der Waals surface area contributed by atoms with Crippen molar-refractivity contribution in [1.82, 2.24) is 19.9 Å². The lowest BCUT2D eigenvalue weighted by molar-refractivity contribution is 0.561. The van der Waals surface area contributed by atoms with Gasteiger partial charge in [0.05, 0.1) is 23.4 Å². The number of rotatable bonds is 4. The van der Waals surface area contributed by atoms with Gasteiger partial charge in [-0.2, -0.15) is 15.0 Å². The van der Waals surface area contributed by atoms with Crippen LogP contribution in [0.3, 0.4) is 0 Å². The zero-order chi connectivity index (χ0) is 17.3. The topological polar surface area (TPSA) is 76.5 Å². The van der Waals surface area contributed by atoms with Gasteiger partial charge in [0.1, 0.15) is 5.58 Å². The van der Waals surface area contributed by atoms with E-state index in [1.54, 1.807) is 28.2 Å². The molecule has 2 aromatic heterocycles. The molecule has 3 rings (SSSR count). The third-order valence-electron chi connectivity index (χ3n) is 3.57. The molecule has 24 heavy (non-hydrogen) atoms. The Kier molecular flexibility index (Phi) is 4.16. The number of benzene rings is 1. The fourth-order valence-corrected chi connectivity index (χ4v) is 2.33. The van der Waals surface area contributed by atoms with E-state index < -0.39 is 5.63 Å². The van der Waals surface area contributed by atoms with Gasteiger partial charge in [0, 0.05) is 25.5 Å². The second-order valence-electron chi connectivity index (χ2n) is 5.72. The van der Waals surface area contributed by atoms with E-state index in [9.17, 15) is 4.79 Å². The number of hydrogen-bond acceptors (Lipinski definition) is 5. The van der Waals surface area contributed by atoms with Crippen molar-refractivity contribution in [3.8, 4) is 5.69 Å². The molecule has 2 heterocycles. The highest BCUT2D eigenvalue weighted by molar-refractivity contribution is 5.81. The summed E-state index contributed by atoms with van der Waals surface area (Å²) in [5.41, 5.74) is 2.87. The van der Waals surface area contributed by atoms with Gasteiger partial charge in [-0.1, -0.05) is 6.92 Å². The van der Waals surface area contributed by atoms with Gasteiger partial charge in [-0.05, 0) is 31.5 Å². The van der Waals surface area contributed by atoms with Gasteiger partial charge in [0.15, 0.2) is 5.69 Å². The Morgan fingerprint density at radius 3 is 2.75 bits per heavy atom. The predicted octanol–water partition coefficient (Wildman–Crippen LogP) is 2.47. The van der Waals surface area contributed by atoms with E-state index in [0.717, 1.165) is 28.9 Å². The quantitative estimate of drug-likeness (QED) is 0.418. The lowest BCUT2D eigenvalue weighted by Crippen LogP contribution is -2.08. The van der Waals surface area contributed by atoms with E-state index in [1.165, 1.54) is 0 Å². The fourth-order valence-electron chi connectivity index (χ4n) is 2.33. The Morgan fingerprint density at radius 2 is 2.08 bits per heavy atom. The van der Waals surface area contributed by atoms with Crippen LogP contribution in [-0.4, -0.2) is 40.3 Å². The minimum atomic E-state index is -0.475. The van der Waals surface area contributed by atoms with Gasteiger partial charge >= 0.3 is 5.63 Å².